The van der Waals surface area contributed by atoms with Crippen LogP contribution in [0.3, 0.4) is 0 Å². The van der Waals surface area contributed by atoms with Crippen LogP contribution in [0.5, 0.6) is 0 Å². The van der Waals surface area contributed by atoms with Crippen molar-refractivity contribution in [1.82, 2.24) is 0 Å². The monoisotopic (exact) mass is 256 g/mol. The van der Waals surface area contributed by atoms with Gasteiger partial charge in [0.2, 0.25) is 0 Å². The normalized spacial score (nSPS) is 32.7. The van der Waals surface area contributed by atoms with Gasteiger partial charge in [0, 0.05) is 13.7 Å². The molecule has 4 nitrogen and oxygen atoms in total. The van der Waals surface area contributed by atoms with E-state index in [2.05, 4.69) is 0 Å². The van der Waals surface area contributed by atoms with E-state index < -0.39 is 11.4 Å². The number of carboxylic acid groups (broad SMARTS) is 1. The van der Waals surface area contributed by atoms with E-state index >= 15 is 0 Å². The summed E-state index contributed by atoms with van der Waals surface area (Å²) in [6.07, 6.45) is 4.19. The minimum Gasteiger partial charge on any atom is -0.481 e. The van der Waals surface area contributed by atoms with Crippen LogP contribution in [-0.2, 0) is 14.3 Å². The molecule has 1 saturated heterocycles. The number of methoxy groups -OCH3 is 1. The molecule has 1 aliphatic heterocycles. The highest BCUT2D eigenvalue weighted by Crippen LogP contribution is 2.50. The van der Waals surface area contributed by atoms with Crippen LogP contribution in [0.15, 0.2) is 0 Å². The van der Waals surface area contributed by atoms with E-state index in [0.717, 1.165) is 19.3 Å². The first kappa shape index (κ1) is 13.8. The Bertz CT molecular complexity index is 322. The van der Waals surface area contributed by atoms with E-state index in [1.165, 1.54) is 0 Å². The molecule has 4 heteroatoms. The zero-order valence-corrected chi connectivity index (χ0v) is 11.6. The molecule has 1 saturated carbocycles. The summed E-state index contributed by atoms with van der Waals surface area (Å²) in [6.45, 7) is 4.59. The van der Waals surface area contributed by atoms with Gasteiger partial charge in [-0.25, -0.2) is 0 Å². The molecule has 1 heterocycles. The molecule has 2 fully saturated rings. The van der Waals surface area contributed by atoms with Crippen molar-refractivity contribution >= 4 is 5.97 Å². The average Bonchev–Trinajstić information content (AvgIpc) is 3.07. The van der Waals surface area contributed by atoms with Gasteiger partial charge in [-0.3, -0.25) is 4.79 Å². The molecule has 0 aromatic heterocycles. The number of aliphatic carboxylic acids is 1. The van der Waals surface area contributed by atoms with Gasteiger partial charge < -0.3 is 14.6 Å². The Balaban J connectivity index is 2.09. The van der Waals surface area contributed by atoms with Crippen molar-refractivity contribution in [3.05, 3.63) is 0 Å². The Labute approximate surface area is 109 Å². The molecule has 18 heavy (non-hydrogen) atoms. The van der Waals surface area contributed by atoms with Gasteiger partial charge in [0.25, 0.3) is 0 Å². The maximum Gasteiger partial charge on any atom is 0.312 e. The number of hydrogen-bond donors (Lipinski definition) is 1. The van der Waals surface area contributed by atoms with Crippen LogP contribution in [0.25, 0.3) is 0 Å². The predicted molar refractivity (Wildman–Crippen MR) is 67.5 cm³/mol. The molecular formula is C14H24O4. The highest BCUT2D eigenvalue weighted by molar-refractivity contribution is 5.76. The summed E-state index contributed by atoms with van der Waals surface area (Å²) in [4.78, 5) is 11.8. The molecule has 104 valence electrons. The SMILES string of the molecule is COC(C)(C)CCC1(C(=O)O)CCOC1C1CC1. The highest BCUT2D eigenvalue weighted by Gasteiger charge is 2.55. The maximum atomic E-state index is 11.8. The van der Waals surface area contributed by atoms with Crippen LogP contribution in [-0.4, -0.2) is 36.5 Å². The van der Waals surface area contributed by atoms with Crippen LogP contribution >= 0.6 is 0 Å². The number of carbonyl (C=O) groups is 1. The lowest BCUT2D eigenvalue weighted by molar-refractivity contribution is -0.155. The molecule has 2 unspecified atom stereocenters. The summed E-state index contributed by atoms with van der Waals surface area (Å²) >= 11 is 0. The van der Waals surface area contributed by atoms with Gasteiger partial charge in [0.05, 0.1) is 17.1 Å². The topological polar surface area (TPSA) is 55.8 Å². The molecule has 1 aliphatic carbocycles. The number of ether oxygens (including phenoxy) is 2. The summed E-state index contributed by atoms with van der Waals surface area (Å²) in [5.74, 6) is -0.224. The largest absolute Gasteiger partial charge is 0.481 e. The predicted octanol–water partition coefficient (Wildman–Crippen LogP) is 2.46. The molecule has 2 aliphatic rings. The maximum absolute atomic E-state index is 11.8. The Morgan fingerprint density at radius 1 is 1.50 bits per heavy atom. The van der Waals surface area contributed by atoms with Gasteiger partial charge >= 0.3 is 5.97 Å². The van der Waals surface area contributed by atoms with E-state index in [1.807, 2.05) is 13.8 Å². The van der Waals surface area contributed by atoms with Crippen molar-refractivity contribution in [2.45, 2.75) is 57.7 Å². The molecule has 0 amide bonds. The zero-order valence-electron chi connectivity index (χ0n) is 11.6. The van der Waals surface area contributed by atoms with Crippen LogP contribution < -0.4 is 0 Å². The third-order valence-electron chi connectivity index (χ3n) is 4.59. The van der Waals surface area contributed by atoms with E-state index in [1.54, 1.807) is 7.11 Å². The van der Waals surface area contributed by atoms with E-state index in [4.69, 9.17) is 9.47 Å². The van der Waals surface area contributed by atoms with Crippen molar-refractivity contribution in [2.75, 3.05) is 13.7 Å². The molecule has 2 atom stereocenters. The minimum absolute atomic E-state index is 0.0809. The smallest absolute Gasteiger partial charge is 0.312 e. The third kappa shape index (κ3) is 2.54. The lowest BCUT2D eigenvalue weighted by Gasteiger charge is -2.33. The van der Waals surface area contributed by atoms with Gasteiger partial charge in [-0.05, 0) is 51.9 Å². The van der Waals surface area contributed by atoms with Gasteiger partial charge in [0.1, 0.15) is 0 Å². The fourth-order valence-corrected chi connectivity index (χ4v) is 2.89. The summed E-state index contributed by atoms with van der Waals surface area (Å²) in [5.41, 5.74) is -0.948. The Morgan fingerprint density at radius 2 is 2.17 bits per heavy atom. The van der Waals surface area contributed by atoms with Crippen molar-refractivity contribution in [3.8, 4) is 0 Å². The van der Waals surface area contributed by atoms with Gasteiger partial charge in [-0.1, -0.05) is 0 Å². The third-order valence-corrected chi connectivity index (χ3v) is 4.59. The summed E-state index contributed by atoms with van der Waals surface area (Å²) in [5, 5.41) is 9.66. The minimum atomic E-state index is -0.691. The van der Waals surface area contributed by atoms with E-state index in [-0.39, 0.29) is 11.7 Å². The van der Waals surface area contributed by atoms with Gasteiger partial charge in [0.15, 0.2) is 0 Å². The summed E-state index contributed by atoms with van der Waals surface area (Å²) in [7, 11) is 1.68. The van der Waals surface area contributed by atoms with Crippen molar-refractivity contribution in [1.29, 1.82) is 0 Å². The van der Waals surface area contributed by atoms with Crippen molar-refractivity contribution in [3.63, 3.8) is 0 Å². The average molecular weight is 256 g/mol. The van der Waals surface area contributed by atoms with Crippen LogP contribution in [0.2, 0.25) is 0 Å². The van der Waals surface area contributed by atoms with E-state index in [0.29, 0.717) is 25.4 Å². The number of rotatable bonds is 6. The van der Waals surface area contributed by atoms with Crippen molar-refractivity contribution in [2.24, 2.45) is 11.3 Å². The fraction of sp³-hybridized carbons (Fsp3) is 0.929. The van der Waals surface area contributed by atoms with E-state index in [9.17, 15) is 9.90 Å². The number of carboxylic acids is 1. The van der Waals surface area contributed by atoms with Crippen LogP contribution in [0.1, 0.15) is 46.0 Å². The molecular weight excluding hydrogens is 232 g/mol. The Kier molecular flexibility index (Phi) is 3.70. The molecule has 0 aromatic rings. The zero-order chi connectivity index (χ0) is 13.4. The first-order valence-electron chi connectivity index (χ1n) is 6.81. The second-order valence-corrected chi connectivity index (χ2v) is 6.30. The molecule has 0 spiro atoms. The summed E-state index contributed by atoms with van der Waals surface area (Å²) < 4.78 is 11.1. The molecule has 0 bridgehead atoms. The summed E-state index contributed by atoms with van der Waals surface area (Å²) in [6, 6.07) is 0. The first-order chi connectivity index (χ1) is 8.41. The second kappa shape index (κ2) is 4.82. The highest BCUT2D eigenvalue weighted by atomic mass is 16.5. The molecule has 1 N–H and O–H groups in total. The molecule has 0 radical (unpaired) electrons. The van der Waals surface area contributed by atoms with Gasteiger partial charge in [-0.2, -0.15) is 0 Å². The van der Waals surface area contributed by atoms with Crippen LogP contribution in [0, 0.1) is 11.3 Å². The lowest BCUT2D eigenvalue weighted by atomic mass is 9.73. The number of hydrogen-bond acceptors (Lipinski definition) is 3. The quantitative estimate of drug-likeness (QED) is 0.793. The standard InChI is InChI=1S/C14H24O4/c1-13(2,17-3)6-7-14(12(15)16)8-9-18-11(14)10-4-5-10/h10-11H,4-9H2,1-3H3,(H,15,16). The first-order valence-corrected chi connectivity index (χ1v) is 6.81. The fourth-order valence-electron chi connectivity index (χ4n) is 2.89. The Hall–Kier alpha value is -0.610. The lowest BCUT2D eigenvalue weighted by Crippen LogP contribution is -2.42. The molecule has 0 aromatic carbocycles. The Morgan fingerprint density at radius 3 is 2.67 bits per heavy atom. The van der Waals surface area contributed by atoms with Crippen molar-refractivity contribution < 1.29 is 19.4 Å². The van der Waals surface area contributed by atoms with Crippen LogP contribution in [0.4, 0.5) is 0 Å². The van der Waals surface area contributed by atoms with Gasteiger partial charge in [-0.15, -0.1) is 0 Å². The molecule has 2 rings (SSSR count). The second-order valence-electron chi connectivity index (χ2n) is 6.30.